The van der Waals surface area contributed by atoms with Crippen molar-refractivity contribution in [3.05, 3.63) is 29.3 Å². The van der Waals surface area contributed by atoms with Crippen LogP contribution in [0.1, 0.15) is 97.8 Å². The van der Waals surface area contributed by atoms with Crippen LogP contribution in [-0.4, -0.2) is 58.5 Å². The van der Waals surface area contributed by atoms with Crippen LogP contribution in [0.3, 0.4) is 0 Å². The third-order valence-corrected chi connectivity index (χ3v) is 6.69. The fourth-order valence-electron chi connectivity index (χ4n) is 4.81. The van der Waals surface area contributed by atoms with Crippen LogP contribution in [-0.2, 0) is 0 Å². The minimum atomic E-state index is -1.14. The lowest BCUT2D eigenvalue weighted by atomic mass is 10.0. The normalized spacial score (nSPS) is 22.6. The fraction of sp³-hybridized carbons (Fsp3) is 0.680. The first-order valence-electron chi connectivity index (χ1n) is 12.6. The Morgan fingerprint density at radius 2 is 1.55 bits per heavy atom. The Morgan fingerprint density at radius 3 is 2.18 bits per heavy atom. The zero-order valence-corrected chi connectivity index (χ0v) is 19.6. The standard InChI is InChI=1S/C25H40N4O4/c26-16-9-7-5-3-1-2-4-6-8-10-17-27-19-13-11-12-18-22(19)25(33)29(24(18)32)20-14-15-21(30)28-23(20)31/h11-13,20-21,23,27-28,30-31H,1-10,14-17,26H2. The number of nitrogens with zero attached hydrogens (tertiary/aromatic N) is 1. The summed E-state index contributed by atoms with van der Waals surface area (Å²) in [6, 6.07) is 4.59. The number of nitrogens with one attached hydrogen (secondary N) is 2. The fourth-order valence-corrected chi connectivity index (χ4v) is 4.81. The Morgan fingerprint density at radius 1 is 0.909 bits per heavy atom. The van der Waals surface area contributed by atoms with Gasteiger partial charge in [0.2, 0.25) is 0 Å². The number of aliphatic hydroxyl groups excluding tert-OH is 2. The number of amides is 2. The van der Waals surface area contributed by atoms with Gasteiger partial charge in [0.15, 0.2) is 0 Å². The van der Waals surface area contributed by atoms with Crippen LogP contribution in [0.5, 0.6) is 0 Å². The lowest BCUT2D eigenvalue weighted by molar-refractivity contribution is -0.0413. The highest BCUT2D eigenvalue weighted by Gasteiger charge is 2.45. The van der Waals surface area contributed by atoms with Crippen LogP contribution >= 0.6 is 0 Å². The Hall–Kier alpha value is -2.00. The molecular weight excluding hydrogens is 420 g/mol. The van der Waals surface area contributed by atoms with Gasteiger partial charge in [0.05, 0.1) is 17.2 Å². The van der Waals surface area contributed by atoms with Gasteiger partial charge in [-0.1, -0.05) is 57.4 Å². The molecule has 3 unspecified atom stereocenters. The molecule has 2 heterocycles. The molecule has 0 spiro atoms. The summed E-state index contributed by atoms with van der Waals surface area (Å²) in [5, 5.41) is 25.9. The first kappa shape index (κ1) is 25.6. The van der Waals surface area contributed by atoms with Crippen LogP contribution in [0.4, 0.5) is 5.69 Å². The van der Waals surface area contributed by atoms with E-state index in [1.54, 1.807) is 12.1 Å². The molecule has 184 valence electrons. The number of hydrogen-bond donors (Lipinski definition) is 5. The number of rotatable bonds is 14. The van der Waals surface area contributed by atoms with E-state index in [1.807, 2.05) is 6.07 Å². The zero-order valence-electron chi connectivity index (χ0n) is 19.6. The number of nitrogens with two attached hydrogens (primary N) is 1. The highest BCUT2D eigenvalue weighted by atomic mass is 16.3. The lowest BCUT2D eigenvalue weighted by Crippen LogP contribution is -2.58. The number of benzene rings is 1. The molecule has 1 aromatic rings. The maximum absolute atomic E-state index is 13.1. The van der Waals surface area contributed by atoms with E-state index < -0.39 is 18.5 Å². The predicted molar refractivity (Wildman–Crippen MR) is 129 cm³/mol. The van der Waals surface area contributed by atoms with Gasteiger partial charge in [-0.25, -0.2) is 0 Å². The number of carbonyl (C=O) groups excluding carboxylic acids is 2. The van der Waals surface area contributed by atoms with Crippen LogP contribution in [0.2, 0.25) is 0 Å². The van der Waals surface area contributed by atoms with Crippen molar-refractivity contribution in [2.24, 2.45) is 5.73 Å². The van der Waals surface area contributed by atoms with Gasteiger partial charge in [-0.15, -0.1) is 0 Å². The van der Waals surface area contributed by atoms with Gasteiger partial charge in [0.1, 0.15) is 12.5 Å². The highest BCUT2D eigenvalue weighted by molar-refractivity contribution is 6.24. The molecule has 0 radical (unpaired) electrons. The third-order valence-electron chi connectivity index (χ3n) is 6.69. The van der Waals surface area contributed by atoms with E-state index in [2.05, 4.69) is 10.6 Å². The van der Waals surface area contributed by atoms with Gasteiger partial charge in [-0.05, 0) is 44.4 Å². The molecule has 1 aromatic carbocycles. The van der Waals surface area contributed by atoms with Crippen LogP contribution in [0, 0.1) is 0 Å². The minimum absolute atomic E-state index is 0.358. The van der Waals surface area contributed by atoms with Gasteiger partial charge in [-0.2, -0.15) is 0 Å². The number of hydrogen-bond acceptors (Lipinski definition) is 7. The number of anilines is 1. The second-order valence-electron chi connectivity index (χ2n) is 9.23. The smallest absolute Gasteiger partial charge is 0.264 e. The average Bonchev–Trinajstić information content (AvgIpc) is 3.05. The highest BCUT2D eigenvalue weighted by Crippen LogP contribution is 2.33. The molecule has 8 heteroatoms. The van der Waals surface area contributed by atoms with Crippen molar-refractivity contribution in [1.82, 2.24) is 10.2 Å². The molecule has 8 nitrogen and oxygen atoms in total. The van der Waals surface area contributed by atoms with Crippen molar-refractivity contribution >= 4 is 17.5 Å². The molecule has 3 atom stereocenters. The first-order chi connectivity index (χ1) is 16.0. The van der Waals surface area contributed by atoms with E-state index >= 15 is 0 Å². The molecular formula is C25H40N4O4. The van der Waals surface area contributed by atoms with Gasteiger partial charge in [0, 0.05) is 12.2 Å². The van der Waals surface area contributed by atoms with E-state index in [0.717, 1.165) is 37.3 Å². The molecule has 33 heavy (non-hydrogen) atoms. The van der Waals surface area contributed by atoms with Gasteiger partial charge in [0.25, 0.3) is 11.8 Å². The van der Waals surface area contributed by atoms with E-state index in [1.165, 1.54) is 44.9 Å². The molecule has 0 aliphatic carbocycles. The molecule has 1 saturated heterocycles. The van der Waals surface area contributed by atoms with Crippen molar-refractivity contribution in [3.8, 4) is 0 Å². The Labute approximate surface area is 196 Å². The molecule has 2 aliphatic heterocycles. The summed E-state index contributed by atoms with van der Waals surface area (Å²) >= 11 is 0. The largest absolute Gasteiger partial charge is 0.384 e. The van der Waals surface area contributed by atoms with Crippen LogP contribution in [0.15, 0.2) is 18.2 Å². The first-order valence-corrected chi connectivity index (χ1v) is 12.6. The van der Waals surface area contributed by atoms with E-state index in [4.69, 9.17) is 5.73 Å². The van der Waals surface area contributed by atoms with Crippen molar-refractivity contribution in [3.63, 3.8) is 0 Å². The number of unbranched alkanes of at least 4 members (excludes halogenated alkanes) is 9. The maximum Gasteiger partial charge on any atom is 0.264 e. The number of aliphatic hydroxyl groups is 2. The van der Waals surface area contributed by atoms with Crippen molar-refractivity contribution in [2.75, 3.05) is 18.4 Å². The molecule has 3 rings (SSSR count). The number of piperidine rings is 1. The quantitative estimate of drug-likeness (QED) is 0.213. The molecule has 0 saturated carbocycles. The minimum Gasteiger partial charge on any atom is -0.384 e. The van der Waals surface area contributed by atoms with Crippen molar-refractivity contribution in [2.45, 2.75) is 95.5 Å². The Bertz CT molecular complexity index is 788. The number of imide groups is 1. The summed E-state index contributed by atoms with van der Waals surface area (Å²) in [6.07, 6.45) is 10.9. The predicted octanol–water partition coefficient (Wildman–Crippen LogP) is 2.94. The van der Waals surface area contributed by atoms with Crippen molar-refractivity contribution in [1.29, 1.82) is 0 Å². The topological polar surface area (TPSA) is 128 Å². The molecule has 2 aliphatic rings. The Balaban J connectivity index is 1.42. The van der Waals surface area contributed by atoms with Crippen LogP contribution in [0.25, 0.3) is 0 Å². The monoisotopic (exact) mass is 460 g/mol. The summed E-state index contributed by atoms with van der Waals surface area (Å²) in [6.45, 7) is 1.55. The van der Waals surface area contributed by atoms with Crippen LogP contribution < -0.4 is 16.4 Å². The summed E-state index contributed by atoms with van der Waals surface area (Å²) < 4.78 is 0. The molecule has 0 bridgehead atoms. The van der Waals surface area contributed by atoms with Gasteiger partial charge in [-0.3, -0.25) is 19.8 Å². The lowest BCUT2D eigenvalue weighted by Gasteiger charge is -2.36. The molecule has 6 N–H and O–H groups in total. The average molecular weight is 461 g/mol. The summed E-state index contributed by atoms with van der Waals surface area (Å²) in [4.78, 5) is 27.2. The van der Waals surface area contributed by atoms with E-state index in [9.17, 15) is 19.8 Å². The van der Waals surface area contributed by atoms with Gasteiger partial charge >= 0.3 is 0 Å². The molecule has 0 aromatic heterocycles. The Kier molecular flexibility index (Phi) is 10.1. The van der Waals surface area contributed by atoms with Gasteiger partial charge < -0.3 is 21.3 Å². The third kappa shape index (κ3) is 6.76. The number of carbonyl (C=O) groups is 2. The van der Waals surface area contributed by atoms with E-state index in [0.29, 0.717) is 29.7 Å². The maximum atomic E-state index is 13.1. The summed E-state index contributed by atoms with van der Waals surface area (Å²) in [5.74, 6) is -0.768. The zero-order chi connectivity index (χ0) is 23.6. The SMILES string of the molecule is NCCCCCCCCCCCCNc1cccc2c1C(=O)N(C1CCC(O)NC1O)C2=O. The summed E-state index contributed by atoms with van der Waals surface area (Å²) in [5.41, 5.74) is 6.94. The van der Waals surface area contributed by atoms with E-state index in [-0.39, 0.29) is 11.8 Å². The second-order valence-corrected chi connectivity index (χ2v) is 9.23. The second kappa shape index (κ2) is 13.0. The molecule has 1 fully saturated rings. The van der Waals surface area contributed by atoms with Crippen molar-refractivity contribution < 1.29 is 19.8 Å². The number of fused-ring (bicyclic) bond motifs is 1. The molecule has 2 amide bonds. The summed E-state index contributed by atoms with van der Waals surface area (Å²) in [7, 11) is 0.